The molecule has 32 heavy (non-hydrogen) atoms. The van der Waals surface area contributed by atoms with Gasteiger partial charge in [-0.2, -0.15) is 13.2 Å². The lowest BCUT2D eigenvalue weighted by Gasteiger charge is -2.18. The van der Waals surface area contributed by atoms with Crippen LogP contribution in [0.1, 0.15) is 0 Å². The van der Waals surface area contributed by atoms with Crippen LogP contribution in [0.2, 0.25) is 5.02 Å². The molecule has 0 aliphatic heterocycles. The van der Waals surface area contributed by atoms with Crippen LogP contribution in [0.4, 0.5) is 13.2 Å². The second-order valence-electron chi connectivity index (χ2n) is 5.94. The van der Waals surface area contributed by atoms with E-state index >= 15 is 0 Å². The fraction of sp³-hybridized carbons (Fsp3) is 0.250. The van der Waals surface area contributed by atoms with Crippen LogP contribution in [0.3, 0.4) is 0 Å². The maximum absolute atomic E-state index is 13.3. The molecule has 0 amide bonds. The van der Waals surface area contributed by atoms with Gasteiger partial charge in [-0.25, -0.2) is 8.42 Å². The van der Waals surface area contributed by atoms with Crippen molar-refractivity contribution in [3.63, 3.8) is 0 Å². The summed E-state index contributed by atoms with van der Waals surface area (Å²) in [5, 5.41) is 7.47. The molecule has 0 unspecified atom stereocenters. The van der Waals surface area contributed by atoms with E-state index in [0.29, 0.717) is 5.02 Å². The Morgan fingerprint density at radius 1 is 1.25 bits per heavy atom. The van der Waals surface area contributed by atoms with Crippen molar-refractivity contribution in [2.75, 3.05) is 14.1 Å². The Hall–Kier alpha value is -1.13. The minimum Gasteiger partial charge on any atom is -0.487 e. The third-order valence-corrected chi connectivity index (χ3v) is 8.15. The van der Waals surface area contributed by atoms with E-state index in [0.717, 1.165) is 0 Å². The Balaban J connectivity index is 0.00000118. The van der Waals surface area contributed by atoms with E-state index in [1.54, 1.807) is 14.1 Å². The molecule has 178 valence electrons. The van der Waals surface area contributed by atoms with Crippen molar-refractivity contribution in [3.05, 3.63) is 38.4 Å². The van der Waals surface area contributed by atoms with Crippen LogP contribution in [0.15, 0.2) is 38.2 Å². The first-order valence-corrected chi connectivity index (χ1v) is 12.3. The van der Waals surface area contributed by atoms with Gasteiger partial charge in [0.25, 0.3) is 20.2 Å². The average Bonchev–Trinajstić information content (AvgIpc) is 2.90. The molecule has 1 aromatic heterocycles. The summed E-state index contributed by atoms with van der Waals surface area (Å²) in [4.78, 5) is 0.547. The quantitative estimate of drug-likeness (QED) is 0.430. The SMILES string of the molecule is CN(C)C(=S)OCn1c(Br)c(Br)c(S(=O)(=O)C(F)(F)F)c1-c1ccc(Cl)cc1.NC(O)=S. The number of alkyl halides is 3. The van der Waals surface area contributed by atoms with Crippen molar-refractivity contribution in [3.8, 4) is 11.3 Å². The highest BCUT2D eigenvalue weighted by atomic mass is 79.9. The zero-order valence-corrected chi connectivity index (χ0v) is 22.5. The van der Waals surface area contributed by atoms with Gasteiger partial charge >= 0.3 is 5.51 Å². The van der Waals surface area contributed by atoms with E-state index in [9.17, 15) is 21.6 Å². The van der Waals surface area contributed by atoms with Crippen molar-refractivity contribution >= 4 is 88.1 Å². The van der Waals surface area contributed by atoms with Crippen LogP contribution in [-0.4, -0.2) is 52.9 Å². The molecular weight excluding hydrogens is 647 g/mol. The first-order chi connectivity index (χ1) is 14.5. The van der Waals surface area contributed by atoms with Gasteiger partial charge in [0.2, 0.25) is 0 Å². The Morgan fingerprint density at radius 3 is 2.12 bits per heavy atom. The number of ether oxygens (including phenoxy) is 1. The summed E-state index contributed by atoms with van der Waals surface area (Å²) in [6, 6.07) is 5.69. The molecule has 7 nitrogen and oxygen atoms in total. The van der Waals surface area contributed by atoms with E-state index in [1.165, 1.54) is 33.7 Å². The van der Waals surface area contributed by atoms with Gasteiger partial charge in [0.15, 0.2) is 6.73 Å². The molecule has 0 spiro atoms. The Morgan fingerprint density at radius 2 is 1.72 bits per heavy atom. The Bertz CT molecular complexity index is 1100. The lowest BCUT2D eigenvalue weighted by molar-refractivity contribution is -0.0436. The van der Waals surface area contributed by atoms with Crippen LogP contribution in [0.25, 0.3) is 11.3 Å². The molecular formula is C16H15Br2ClF3N3O4S3. The molecule has 0 saturated carbocycles. The van der Waals surface area contributed by atoms with Gasteiger partial charge in [0.05, 0.1) is 10.2 Å². The highest BCUT2D eigenvalue weighted by Crippen LogP contribution is 2.45. The second-order valence-corrected chi connectivity index (χ2v) is 10.6. The maximum atomic E-state index is 13.3. The van der Waals surface area contributed by atoms with Crippen LogP contribution >= 0.6 is 67.9 Å². The number of hydrogen-bond acceptors (Lipinski definition) is 5. The van der Waals surface area contributed by atoms with Gasteiger partial charge in [0, 0.05) is 19.1 Å². The predicted molar refractivity (Wildman–Crippen MR) is 130 cm³/mol. The maximum Gasteiger partial charge on any atom is 0.502 e. The average molecular weight is 662 g/mol. The second kappa shape index (κ2) is 11.3. The number of halogens is 6. The zero-order valence-electron chi connectivity index (χ0n) is 16.2. The van der Waals surface area contributed by atoms with Gasteiger partial charge in [-0.15, -0.1) is 0 Å². The fourth-order valence-electron chi connectivity index (χ4n) is 2.16. The van der Waals surface area contributed by atoms with Crippen LogP contribution < -0.4 is 5.73 Å². The summed E-state index contributed by atoms with van der Waals surface area (Å²) < 4.78 is 70.8. The smallest absolute Gasteiger partial charge is 0.487 e. The summed E-state index contributed by atoms with van der Waals surface area (Å²) in [6.07, 6.45) is 0. The molecule has 2 aromatic rings. The number of nitrogens with two attached hydrogens (primary N) is 1. The Labute approximate surface area is 214 Å². The number of sulfone groups is 1. The number of benzene rings is 1. The number of aliphatic hydroxyl groups is 1. The summed E-state index contributed by atoms with van der Waals surface area (Å²) in [6.45, 7) is -0.332. The van der Waals surface area contributed by atoms with Gasteiger partial charge in [0.1, 0.15) is 9.50 Å². The Kier molecular flexibility index (Phi) is 10.2. The number of rotatable bonds is 4. The van der Waals surface area contributed by atoms with E-state index < -0.39 is 25.4 Å². The molecule has 16 heteroatoms. The lowest BCUT2D eigenvalue weighted by Crippen LogP contribution is -2.25. The largest absolute Gasteiger partial charge is 0.502 e. The number of aromatic nitrogens is 1. The summed E-state index contributed by atoms with van der Waals surface area (Å²) in [7, 11) is -2.43. The monoisotopic (exact) mass is 659 g/mol. The molecule has 0 aliphatic carbocycles. The first-order valence-electron chi connectivity index (χ1n) is 7.99. The molecule has 0 saturated heterocycles. The van der Waals surface area contributed by atoms with Gasteiger partial charge in [-0.05, 0) is 74.0 Å². The molecule has 0 bridgehead atoms. The minimum absolute atomic E-state index is 0.0434. The van der Waals surface area contributed by atoms with E-state index in [4.69, 9.17) is 33.7 Å². The number of hydrogen-bond donors (Lipinski definition) is 2. The molecule has 0 aliphatic rings. The molecule has 1 heterocycles. The van der Waals surface area contributed by atoms with Crippen molar-refractivity contribution in [1.82, 2.24) is 9.47 Å². The van der Waals surface area contributed by atoms with Crippen molar-refractivity contribution in [1.29, 1.82) is 0 Å². The summed E-state index contributed by atoms with van der Waals surface area (Å²) >= 11 is 20.8. The van der Waals surface area contributed by atoms with Crippen molar-refractivity contribution in [2.45, 2.75) is 17.1 Å². The minimum atomic E-state index is -5.68. The molecule has 0 fully saturated rings. The molecule has 1 aromatic carbocycles. The first kappa shape index (κ1) is 28.9. The standard InChI is InChI=1S/C15H12Br2ClF3N2O3S2.CH3NOS/c1-22(2)14(27)26-7-23-11(8-3-5-9(18)6-4-8)12(10(16)13(23)17)28(24,25)15(19,20)21;2-1(3)4/h3-6H,7H2,1-2H3;(H3,2,3,4). The van der Waals surface area contributed by atoms with Gasteiger partial charge < -0.3 is 20.5 Å². The molecule has 0 radical (unpaired) electrons. The molecule has 2 rings (SSSR count). The third-order valence-electron chi connectivity index (χ3n) is 3.48. The fourth-order valence-corrected chi connectivity index (χ4v) is 5.04. The third kappa shape index (κ3) is 6.93. The number of aliphatic hydroxyl groups excluding tert-OH is 1. The van der Waals surface area contributed by atoms with Crippen LogP contribution in [0, 0.1) is 0 Å². The zero-order chi connectivity index (χ0) is 25.0. The normalized spacial score (nSPS) is 11.4. The van der Waals surface area contributed by atoms with E-state index in [1.807, 2.05) is 0 Å². The summed E-state index contributed by atoms with van der Waals surface area (Å²) in [5.74, 6) is 0. The van der Waals surface area contributed by atoms with Gasteiger partial charge in [-0.3, -0.25) is 4.57 Å². The molecule has 3 N–H and O–H groups in total. The topological polar surface area (TPSA) is 97.8 Å². The predicted octanol–water partition coefficient (Wildman–Crippen LogP) is 5.24. The van der Waals surface area contributed by atoms with Crippen molar-refractivity contribution in [2.24, 2.45) is 5.73 Å². The number of thiocarbonyl (C=S) groups is 2. The van der Waals surface area contributed by atoms with Crippen molar-refractivity contribution < 1.29 is 31.4 Å². The van der Waals surface area contributed by atoms with Gasteiger partial charge in [-0.1, -0.05) is 23.7 Å². The summed E-state index contributed by atoms with van der Waals surface area (Å²) in [5.41, 5.74) is -1.13. The molecule has 0 atom stereocenters. The van der Waals surface area contributed by atoms with E-state index in [-0.39, 0.29) is 32.2 Å². The van der Waals surface area contributed by atoms with Crippen LogP contribution in [-0.2, 0) is 21.3 Å². The highest BCUT2D eigenvalue weighted by Gasteiger charge is 2.50. The lowest BCUT2D eigenvalue weighted by atomic mass is 10.1. The van der Waals surface area contributed by atoms with E-state index in [2.05, 4.69) is 49.8 Å². The highest BCUT2D eigenvalue weighted by molar-refractivity contribution is 9.13. The van der Waals surface area contributed by atoms with Crippen LogP contribution in [0.5, 0.6) is 0 Å². The number of nitrogens with zero attached hydrogens (tertiary/aromatic N) is 2.